The number of benzene rings is 1. The lowest BCUT2D eigenvalue weighted by atomic mass is 10.1. The van der Waals surface area contributed by atoms with Crippen LogP contribution >= 0.6 is 28.3 Å². The normalized spacial score (nSPS) is 21.7. The van der Waals surface area contributed by atoms with E-state index in [1.807, 2.05) is 24.3 Å². The molecule has 7 heteroatoms. The molecule has 1 aliphatic heterocycles. The van der Waals surface area contributed by atoms with E-state index in [-0.39, 0.29) is 30.3 Å². The molecule has 2 unspecified atom stereocenters. The van der Waals surface area contributed by atoms with Crippen molar-refractivity contribution in [3.63, 3.8) is 0 Å². The fourth-order valence-electron chi connectivity index (χ4n) is 2.86. The second-order valence-electron chi connectivity index (χ2n) is 6.06. The molecule has 2 aliphatic rings. The number of nitrogens with one attached hydrogen (secondary N) is 1. The topological polar surface area (TPSA) is 75.4 Å². The second-order valence-corrected chi connectivity index (χ2v) is 6.97. The highest BCUT2D eigenvalue weighted by Gasteiger charge is 2.38. The average Bonchev–Trinajstić information content (AvgIpc) is 3.27. The van der Waals surface area contributed by atoms with E-state index in [1.165, 1.54) is 0 Å². The van der Waals surface area contributed by atoms with Gasteiger partial charge < -0.3 is 16.0 Å². The van der Waals surface area contributed by atoms with E-state index in [0.717, 1.165) is 23.0 Å². The summed E-state index contributed by atoms with van der Waals surface area (Å²) in [6, 6.07) is 7.58. The number of anilines is 1. The number of nitrogens with zero attached hydrogens (tertiary/aromatic N) is 1. The van der Waals surface area contributed by atoms with E-state index in [4.69, 9.17) is 5.73 Å². The molecule has 1 saturated heterocycles. The molecule has 5 nitrogen and oxygen atoms in total. The van der Waals surface area contributed by atoms with Crippen molar-refractivity contribution in [2.45, 2.75) is 25.3 Å². The van der Waals surface area contributed by atoms with E-state index in [9.17, 15) is 9.59 Å². The molecule has 2 atom stereocenters. The second kappa shape index (κ2) is 7.64. The summed E-state index contributed by atoms with van der Waals surface area (Å²) >= 11 is 3.40. The van der Waals surface area contributed by atoms with Crippen LogP contribution < -0.4 is 16.0 Å². The minimum Gasteiger partial charge on any atom is -0.354 e. The van der Waals surface area contributed by atoms with E-state index < -0.39 is 5.92 Å². The van der Waals surface area contributed by atoms with Gasteiger partial charge in [-0.3, -0.25) is 9.59 Å². The van der Waals surface area contributed by atoms with Crippen LogP contribution in [0.15, 0.2) is 28.7 Å². The van der Waals surface area contributed by atoms with Gasteiger partial charge in [0.25, 0.3) is 0 Å². The molecular formula is C16H21BrClN3O2. The summed E-state index contributed by atoms with van der Waals surface area (Å²) in [5.74, 6) is -0.377. The largest absolute Gasteiger partial charge is 0.354 e. The summed E-state index contributed by atoms with van der Waals surface area (Å²) in [7, 11) is 0. The minimum atomic E-state index is -0.592. The molecule has 1 aromatic rings. The first-order valence-electron chi connectivity index (χ1n) is 7.66. The Morgan fingerprint density at radius 2 is 2.13 bits per heavy atom. The Morgan fingerprint density at radius 1 is 1.39 bits per heavy atom. The van der Waals surface area contributed by atoms with Crippen LogP contribution in [0.3, 0.4) is 0 Å². The lowest BCUT2D eigenvalue weighted by Gasteiger charge is -2.17. The average molecular weight is 403 g/mol. The number of carbonyl (C=O) groups excluding carboxylic acids is 2. The Bertz CT molecular complexity index is 594. The fourth-order valence-corrected chi connectivity index (χ4v) is 3.24. The molecule has 23 heavy (non-hydrogen) atoms. The van der Waals surface area contributed by atoms with Crippen LogP contribution in [-0.2, 0) is 9.59 Å². The number of carbonyl (C=O) groups is 2. The van der Waals surface area contributed by atoms with Crippen molar-refractivity contribution >= 4 is 45.8 Å². The van der Waals surface area contributed by atoms with E-state index in [1.54, 1.807) is 4.90 Å². The molecule has 0 radical (unpaired) electrons. The predicted octanol–water partition coefficient (Wildman–Crippen LogP) is 2.08. The Hall–Kier alpha value is -1.11. The molecule has 3 rings (SSSR count). The number of nitrogens with two attached hydrogens (primary N) is 1. The van der Waals surface area contributed by atoms with E-state index in [0.29, 0.717) is 25.4 Å². The Kier molecular flexibility index (Phi) is 6.06. The lowest BCUT2D eigenvalue weighted by molar-refractivity contribution is -0.132. The van der Waals surface area contributed by atoms with Crippen LogP contribution in [0.5, 0.6) is 0 Å². The fraction of sp³-hybridized carbons (Fsp3) is 0.500. The van der Waals surface area contributed by atoms with E-state index >= 15 is 0 Å². The van der Waals surface area contributed by atoms with Gasteiger partial charge in [0.15, 0.2) is 0 Å². The molecule has 2 fully saturated rings. The number of hydrogen-bond donors (Lipinski definition) is 2. The zero-order valence-corrected chi connectivity index (χ0v) is 15.1. The van der Waals surface area contributed by atoms with Gasteiger partial charge >= 0.3 is 0 Å². The molecular weight excluding hydrogens is 382 g/mol. The maximum Gasteiger partial charge on any atom is 0.239 e. The maximum absolute atomic E-state index is 12.5. The summed E-state index contributed by atoms with van der Waals surface area (Å²) in [5, 5.41) is 2.84. The number of hydrogen-bond acceptors (Lipinski definition) is 3. The molecule has 1 saturated carbocycles. The summed E-state index contributed by atoms with van der Waals surface area (Å²) in [4.78, 5) is 26.4. The number of amides is 2. The van der Waals surface area contributed by atoms with Gasteiger partial charge in [-0.25, -0.2) is 0 Å². The van der Waals surface area contributed by atoms with Crippen molar-refractivity contribution in [3.05, 3.63) is 28.7 Å². The molecule has 3 N–H and O–H groups in total. The van der Waals surface area contributed by atoms with Crippen molar-refractivity contribution in [1.29, 1.82) is 0 Å². The predicted molar refractivity (Wildman–Crippen MR) is 95.6 cm³/mol. The monoisotopic (exact) mass is 401 g/mol. The van der Waals surface area contributed by atoms with Gasteiger partial charge in [0.1, 0.15) is 5.92 Å². The van der Waals surface area contributed by atoms with Gasteiger partial charge in [0.2, 0.25) is 11.8 Å². The standard InChI is InChI=1S/C16H20BrN3O2.ClH/c17-11-2-1-3-12(8-11)20-7-6-13(16(20)22)15(21)19-9-14(18)10-4-5-10;/h1-3,8,10,13-14H,4-7,9,18H2,(H,19,21);1H. The van der Waals surface area contributed by atoms with Crippen LogP contribution in [0.4, 0.5) is 5.69 Å². The molecule has 2 amide bonds. The quantitative estimate of drug-likeness (QED) is 0.740. The Morgan fingerprint density at radius 3 is 2.78 bits per heavy atom. The smallest absolute Gasteiger partial charge is 0.239 e. The highest BCUT2D eigenvalue weighted by atomic mass is 79.9. The highest BCUT2D eigenvalue weighted by Crippen LogP contribution is 2.31. The molecule has 0 spiro atoms. The molecule has 1 aliphatic carbocycles. The summed E-state index contributed by atoms with van der Waals surface area (Å²) in [6.45, 7) is 1.03. The molecule has 0 aromatic heterocycles. The lowest BCUT2D eigenvalue weighted by Crippen LogP contribution is -2.43. The van der Waals surface area contributed by atoms with Gasteiger partial charge in [0, 0.05) is 29.3 Å². The van der Waals surface area contributed by atoms with Gasteiger partial charge in [0.05, 0.1) is 0 Å². The summed E-state index contributed by atoms with van der Waals surface area (Å²) in [5.41, 5.74) is 6.80. The molecule has 1 aromatic carbocycles. The highest BCUT2D eigenvalue weighted by molar-refractivity contribution is 9.10. The Balaban J connectivity index is 0.00000192. The van der Waals surface area contributed by atoms with Crippen LogP contribution in [-0.4, -0.2) is 30.9 Å². The summed E-state index contributed by atoms with van der Waals surface area (Å²) in [6.07, 6.45) is 2.85. The number of halogens is 2. The third-order valence-corrected chi connectivity index (χ3v) is 4.87. The van der Waals surface area contributed by atoms with Crippen LogP contribution in [0.25, 0.3) is 0 Å². The third kappa shape index (κ3) is 4.25. The zero-order chi connectivity index (χ0) is 15.7. The van der Waals surface area contributed by atoms with Gasteiger partial charge in [-0.05, 0) is 43.4 Å². The molecule has 0 bridgehead atoms. The zero-order valence-electron chi connectivity index (χ0n) is 12.7. The van der Waals surface area contributed by atoms with E-state index in [2.05, 4.69) is 21.2 Å². The van der Waals surface area contributed by atoms with Gasteiger partial charge in [-0.1, -0.05) is 22.0 Å². The summed E-state index contributed by atoms with van der Waals surface area (Å²) < 4.78 is 0.918. The van der Waals surface area contributed by atoms with Crippen molar-refractivity contribution in [3.8, 4) is 0 Å². The van der Waals surface area contributed by atoms with Crippen molar-refractivity contribution in [2.75, 3.05) is 18.0 Å². The third-order valence-electron chi connectivity index (χ3n) is 4.38. The molecule has 126 valence electrons. The first-order chi connectivity index (χ1) is 10.6. The van der Waals surface area contributed by atoms with Crippen LogP contribution in [0.2, 0.25) is 0 Å². The van der Waals surface area contributed by atoms with Crippen LogP contribution in [0, 0.1) is 11.8 Å². The van der Waals surface area contributed by atoms with Crippen LogP contribution in [0.1, 0.15) is 19.3 Å². The van der Waals surface area contributed by atoms with Gasteiger partial charge in [-0.15, -0.1) is 12.4 Å². The maximum atomic E-state index is 12.5. The SMILES string of the molecule is Cl.NC(CNC(=O)C1CCN(c2cccc(Br)c2)C1=O)C1CC1. The minimum absolute atomic E-state index is 0. The van der Waals surface area contributed by atoms with Crippen molar-refractivity contribution < 1.29 is 9.59 Å². The van der Waals surface area contributed by atoms with Gasteiger partial charge in [-0.2, -0.15) is 0 Å². The van der Waals surface area contributed by atoms with Crippen molar-refractivity contribution in [2.24, 2.45) is 17.6 Å². The Labute approximate surface area is 150 Å². The van der Waals surface area contributed by atoms with Crippen molar-refractivity contribution in [1.82, 2.24) is 5.32 Å². The molecule has 1 heterocycles. The first kappa shape index (κ1) is 18.2. The number of rotatable bonds is 5. The first-order valence-corrected chi connectivity index (χ1v) is 8.46.